The normalized spacial score (nSPS) is 21.0. The lowest BCUT2D eigenvalue weighted by Crippen LogP contribution is -2.44. The molecule has 2 heterocycles. The fourth-order valence-corrected chi connectivity index (χ4v) is 5.54. The van der Waals surface area contributed by atoms with Gasteiger partial charge in [-0.1, -0.05) is 66.2 Å². The Morgan fingerprint density at radius 3 is 2.31 bits per heavy atom. The van der Waals surface area contributed by atoms with Crippen molar-refractivity contribution in [3.05, 3.63) is 95.1 Å². The third kappa shape index (κ3) is 3.34. The van der Waals surface area contributed by atoms with Gasteiger partial charge in [-0.3, -0.25) is 4.79 Å². The summed E-state index contributed by atoms with van der Waals surface area (Å²) in [6.07, 6.45) is 3.81. The van der Waals surface area contributed by atoms with Gasteiger partial charge < -0.3 is 14.4 Å². The third-order valence-corrected chi connectivity index (χ3v) is 7.29. The van der Waals surface area contributed by atoms with Crippen LogP contribution in [0.1, 0.15) is 33.0 Å². The van der Waals surface area contributed by atoms with E-state index < -0.39 is 23.4 Å². The molecule has 0 spiro atoms. The second-order valence-electron chi connectivity index (χ2n) is 9.13. The predicted molar refractivity (Wildman–Crippen MR) is 137 cm³/mol. The van der Waals surface area contributed by atoms with Crippen molar-refractivity contribution in [3.63, 3.8) is 0 Å². The van der Waals surface area contributed by atoms with Crippen LogP contribution in [0.25, 0.3) is 6.08 Å². The molecule has 0 amide bonds. The maximum atomic E-state index is 14.3. The van der Waals surface area contributed by atoms with Crippen molar-refractivity contribution >= 4 is 17.5 Å². The first-order valence-electron chi connectivity index (χ1n) is 11.7. The smallest absolute Gasteiger partial charge is 0.185 e. The standard InChI is InChI=1S/C30H25N3O3/c1-19-8-10-21(11-9-19)29(34)28-27(22-12-14-24(35-2)25(16-22)36-3)30(17-31,18-32)26-15-13-20-6-4-5-7-23(20)33(26)28/h4-16,26-28H,1-3H3/t26-,27-,28+/m0/s1. The number of nitrogens with zero attached hydrogens (tertiary/aromatic N) is 3. The molecule has 3 atom stereocenters. The minimum atomic E-state index is -1.52. The predicted octanol–water partition coefficient (Wildman–Crippen LogP) is 5.30. The van der Waals surface area contributed by atoms with Crippen LogP contribution in [0.3, 0.4) is 0 Å². The number of Topliss-reactive ketones (excluding diaryl/α,β-unsaturated/α-hetero) is 1. The molecule has 1 saturated heterocycles. The average Bonchev–Trinajstić information content (AvgIpc) is 3.23. The van der Waals surface area contributed by atoms with Gasteiger partial charge in [-0.05, 0) is 36.2 Å². The van der Waals surface area contributed by atoms with Crippen LogP contribution >= 0.6 is 0 Å². The van der Waals surface area contributed by atoms with E-state index in [1.165, 1.54) is 7.11 Å². The van der Waals surface area contributed by atoms with Crippen molar-refractivity contribution in [2.24, 2.45) is 5.41 Å². The zero-order valence-corrected chi connectivity index (χ0v) is 20.3. The number of nitriles is 2. The van der Waals surface area contributed by atoms with E-state index in [-0.39, 0.29) is 5.78 Å². The monoisotopic (exact) mass is 475 g/mol. The SMILES string of the molecule is COc1ccc([C@H]2[C@H](C(=O)c3ccc(C)cc3)N3c4ccccc4C=C[C@H]3C2(C#N)C#N)cc1OC. The molecule has 3 aromatic rings. The molecule has 0 aromatic heterocycles. The summed E-state index contributed by atoms with van der Waals surface area (Å²) in [6.45, 7) is 1.97. The number of fused-ring (bicyclic) bond motifs is 3. The zero-order valence-electron chi connectivity index (χ0n) is 20.3. The molecule has 2 aliphatic heterocycles. The number of rotatable bonds is 5. The van der Waals surface area contributed by atoms with Gasteiger partial charge >= 0.3 is 0 Å². The van der Waals surface area contributed by atoms with Gasteiger partial charge in [-0.25, -0.2) is 0 Å². The molecule has 0 saturated carbocycles. The van der Waals surface area contributed by atoms with Gasteiger partial charge in [0.25, 0.3) is 0 Å². The van der Waals surface area contributed by atoms with Gasteiger partial charge in [0.2, 0.25) is 0 Å². The number of aryl methyl sites for hydroxylation is 1. The highest BCUT2D eigenvalue weighted by Crippen LogP contribution is 2.56. The molecule has 36 heavy (non-hydrogen) atoms. The summed E-state index contributed by atoms with van der Waals surface area (Å²) in [5.41, 5.74) is 2.49. The van der Waals surface area contributed by atoms with Crippen molar-refractivity contribution in [3.8, 4) is 23.6 Å². The number of carbonyl (C=O) groups excluding carboxylic acids is 1. The van der Waals surface area contributed by atoms with Crippen LogP contribution in [0, 0.1) is 35.0 Å². The highest BCUT2D eigenvalue weighted by molar-refractivity contribution is 6.04. The Kier molecular flexibility index (Phi) is 5.74. The summed E-state index contributed by atoms with van der Waals surface area (Å²) >= 11 is 0. The van der Waals surface area contributed by atoms with E-state index >= 15 is 0 Å². The molecule has 1 fully saturated rings. The molecule has 6 nitrogen and oxygen atoms in total. The molecule has 0 radical (unpaired) electrons. The lowest BCUT2D eigenvalue weighted by molar-refractivity contribution is 0.0951. The molecular weight excluding hydrogens is 450 g/mol. The molecule has 0 unspecified atom stereocenters. The highest BCUT2D eigenvalue weighted by Gasteiger charge is 2.63. The van der Waals surface area contributed by atoms with Crippen molar-refractivity contribution in [1.29, 1.82) is 10.5 Å². The van der Waals surface area contributed by atoms with E-state index in [0.717, 1.165) is 16.8 Å². The zero-order chi connectivity index (χ0) is 25.4. The van der Waals surface area contributed by atoms with Gasteiger partial charge in [0.05, 0.1) is 32.4 Å². The Bertz CT molecular complexity index is 1430. The Hall–Kier alpha value is -4.55. The third-order valence-electron chi connectivity index (χ3n) is 7.29. The van der Waals surface area contributed by atoms with Crippen molar-refractivity contribution in [2.75, 3.05) is 19.1 Å². The summed E-state index contributed by atoms with van der Waals surface area (Å²) in [5, 5.41) is 21.1. The number of hydrogen-bond donors (Lipinski definition) is 0. The Labute approximate surface area is 210 Å². The van der Waals surface area contributed by atoms with E-state index in [0.29, 0.717) is 22.6 Å². The number of anilines is 1. The minimum Gasteiger partial charge on any atom is -0.493 e. The summed E-state index contributed by atoms with van der Waals surface area (Å²) in [7, 11) is 3.09. The van der Waals surface area contributed by atoms with E-state index in [1.807, 2.05) is 78.6 Å². The Morgan fingerprint density at radius 2 is 1.64 bits per heavy atom. The number of benzene rings is 3. The molecule has 2 aliphatic rings. The lowest BCUT2D eigenvalue weighted by atomic mass is 9.69. The topological polar surface area (TPSA) is 86.4 Å². The number of hydrogen-bond acceptors (Lipinski definition) is 6. The van der Waals surface area contributed by atoms with Crippen molar-refractivity contribution in [2.45, 2.75) is 24.9 Å². The molecule has 5 rings (SSSR count). The first-order chi connectivity index (χ1) is 17.5. The summed E-state index contributed by atoms with van der Waals surface area (Å²) in [6, 6.07) is 23.8. The molecule has 0 N–H and O–H groups in total. The van der Waals surface area contributed by atoms with Crippen LogP contribution in [0.4, 0.5) is 5.69 Å². The van der Waals surface area contributed by atoms with Gasteiger partial charge in [-0.15, -0.1) is 0 Å². The Balaban J connectivity index is 1.78. The summed E-state index contributed by atoms with van der Waals surface area (Å²) in [5.74, 6) is 0.115. The second kappa shape index (κ2) is 8.91. The van der Waals surface area contributed by atoms with Gasteiger partial charge in [-0.2, -0.15) is 10.5 Å². The Morgan fingerprint density at radius 1 is 0.944 bits per heavy atom. The van der Waals surface area contributed by atoms with E-state index in [4.69, 9.17) is 9.47 Å². The lowest BCUT2D eigenvalue weighted by Gasteiger charge is -2.35. The largest absolute Gasteiger partial charge is 0.493 e. The fraction of sp³-hybridized carbons (Fsp3) is 0.233. The van der Waals surface area contributed by atoms with Crippen molar-refractivity contribution in [1.82, 2.24) is 0 Å². The molecule has 0 bridgehead atoms. The summed E-state index contributed by atoms with van der Waals surface area (Å²) < 4.78 is 10.9. The minimum absolute atomic E-state index is 0.141. The quantitative estimate of drug-likeness (QED) is 0.466. The first kappa shape index (κ1) is 23.2. The van der Waals surface area contributed by atoms with Crippen LogP contribution in [0.2, 0.25) is 0 Å². The maximum absolute atomic E-state index is 14.3. The maximum Gasteiger partial charge on any atom is 0.185 e. The number of para-hydroxylation sites is 1. The van der Waals surface area contributed by atoms with E-state index in [2.05, 4.69) is 12.1 Å². The molecule has 6 heteroatoms. The molecule has 178 valence electrons. The first-order valence-corrected chi connectivity index (χ1v) is 11.7. The van der Waals surface area contributed by atoms with Crippen LogP contribution in [0.15, 0.2) is 72.8 Å². The number of methoxy groups -OCH3 is 2. The van der Waals surface area contributed by atoms with Crippen LogP contribution in [-0.2, 0) is 0 Å². The van der Waals surface area contributed by atoms with Gasteiger partial charge in [0.15, 0.2) is 22.7 Å². The van der Waals surface area contributed by atoms with E-state index in [9.17, 15) is 15.3 Å². The second-order valence-corrected chi connectivity index (χ2v) is 9.13. The van der Waals surface area contributed by atoms with E-state index in [1.54, 1.807) is 19.2 Å². The van der Waals surface area contributed by atoms with Crippen LogP contribution in [0.5, 0.6) is 11.5 Å². The summed E-state index contributed by atoms with van der Waals surface area (Å²) in [4.78, 5) is 16.2. The van der Waals surface area contributed by atoms with Gasteiger partial charge in [0.1, 0.15) is 6.04 Å². The fourth-order valence-electron chi connectivity index (χ4n) is 5.54. The highest BCUT2D eigenvalue weighted by atomic mass is 16.5. The van der Waals surface area contributed by atoms with Gasteiger partial charge in [0, 0.05) is 17.2 Å². The molecule has 0 aliphatic carbocycles. The molecule has 3 aromatic carbocycles. The number of ether oxygens (including phenoxy) is 2. The average molecular weight is 476 g/mol. The van der Waals surface area contributed by atoms with Crippen LogP contribution < -0.4 is 14.4 Å². The van der Waals surface area contributed by atoms with Crippen molar-refractivity contribution < 1.29 is 14.3 Å². The number of carbonyl (C=O) groups is 1. The molecular formula is C30H25N3O3. The van der Waals surface area contributed by atoms with Crippen LogP contribution in [-0.4, -0.2) is 32.1 Å². The number of ketones is 1.